The number of carbonyl (C=O) groups excluding carboxylic acids is 1. The number of hydrogen-bond acceptors (Lipinski definition) is 3. The van der Waals surface area contributed by atoms with Crippen molar-refractivity contribution in [3.63, 3.8) is 0 Å². The van der Waals surface area contributed by atoms with E-state index in [1.54, 1.807) is 18.2 Å². The molecule has 4 nitrogen and oxygen atoms in total. The SMILES string of the molecule is O=C(NC[C@H]1CCCO1)c1cc(Cl)ccc1OCc1ccccc1. The zero-order valence-electron chi connectivity index (χ0n) is 13.3. The van der Waals surface area contributed by atoms with Crippen molar-refractivity contribution in [3.05, 3.63) is 64.7 Å². The number of hydrogen-bond donors (Lipinski definition) is 1. The second-order valence-corrected chi connectivity index (χ2v) is 6.20. The van der Waals surface area contributed by atoms with Gasteiger partial charge < -0.3 is 14.8 Å². The molecule has 2 aromatic carbocycles. The lowest BCUT2D eigenvalue weighted by atomic mass is 10.1. The van der Waals surface area contributed by atoms with Crippen LogP contribution in [0.2, 0.25) is 5.02 Å². The Morgan fingerprint density at radius 2 is 2.08 bits per heavy atom. The number of nitrogens with one attached hydrogen (secondary N) is 1. The fraction of sp³-hybridized carbons (Fsp3) is 0.316. The molecule has 1 amide bonds. The van der Waals surface area contributed by atoms with Gasteiger partial charge in [-0.25, -0.2) is 0 Å². The lowest BCUT2D eigenvalue weighted by Gasteiger charge is -2.14. The summed E-state index contributed by atoms with van der Waals surface area (Å²) < 4.78 is 11.3. The molecule has 2 aromatic rings. The molecule has 5 heteroatoms. The lowest BCUT2D eigenvalue weighted by molar-refractivity contribution is 0.0854. The summed E-state index contributed by atoms with van der Waals surface area (Å²) in [6.07, 6.45) is 2.12. The van der Waals surface area contributed by atoms with E-state index in [0.29, 0.717) is 29.5 Å². The highest BCUT2D eigenvalue weighted by molar-refractivity contribution is 6.31. The van der Waals surface area contributed by atoms with E-state index in [-0.39, 0.29) is 12.0 Å². The molecule has 1 aliphatic rings. The molecule has 1 heterocycles. The highest BCUT2D eigenvalue weighted by Crippen LogP contribution is 2.24. The van der Waals surface area contributed by atoms with Gasteiger partial charge in [0.25, 0.3) is 5.91 Å². The van der Waals surface area contributed by atoms with Gasteiger partial charge in [0.15, 0.2) is 0 Å². The van der Waals surface area contributed by atoms with E-state index in [9.17, 15) is 4.79 Å². The number of amides is 1. The quantitative estimate of drug-likeness (QED) is 0.865. The van der Waals surface area contributed by atoms with E-state index in [2.05, 4.69) is 5.32 Å². The first-order valence-corrected chi connectivity index (χ1v) is 8.46. The molecule has 1 saturated heterocycles. The van der Waals surface area contributed by atoms with E-state index in [0.717, 1.165) is 25.0 Å². The fourth-order valence-corrected chi connectivity index (χ4v) is 2.82. The summed E-state index contributed by atoms with van der Waals surface area (Å²) in [5, 5.41) is 3.41. The first-order chi connectivity index (χ1) is 11.7. The minimum Gasteiger partial charge on any atom is -0.488 e. The maximum atomic E-state index is 12.5. The minimum atomic E-state index is -0.198. The minimum absolute atomic E-state index is 0.0989. The zero-order chi connectivity index (χ0) is 16.8. The predicted octanol–water partition coefficient (Wildman–Crippen LogP) is 3.83. The summed E-state index contributed by atoms with van der Waals surface area (Å²) in [5.41, 5.74) is 1.48. The molecular formula is C19H20ClNO3. The summed E-state index contributed by atoms with van der Waals surface area (Å²) in [6.45, 7) is 1.67. The summed E-state index contributed by atoms with van der Waals surface area (Å²) in [6, 6.07) is 14.9. The Morgan fingerprint density at radius 3 is 2.83 bits per heavy atom. The Balaban J connectivity index is 1.66. The molecule has 0 unspecified atom stereocenters. The standard InChI is InChI=1S/C19H20ClNO3/c20-15-8-9-18(24-13-14-5-2-1-3-6-14)17(11-15)19(22)21-12-16-7-4-10-23-16/h1-3,5-6,8-9,11,16H,4,7,10,12-13H2,(H,21,22)/t16-/m1/s1. The van der Waals surface area contributed by atoms with Crippen LogP contribution in [0.15, 0.2) is 48.5 Å². The molecule has 126 valence electrons. The Hall–Kier alpha value is -2.04. The third-order valence-corrected chi connectivity index (χ3v) is 4.17. The topological polar surface area (TPSA) is 47.6 Å². The van der Waals surface area contributed by atoms with Gasteiger partial charge in [-0.2, -0.15) is 0 Å². The summed E-state index contributed by atoms with van der Waals surface area (Å²) >= 11 is 6.05. The Bertz CT molecular complexity index is 684. The number of benzene rings is 2. The van der Waals surface area contributed by atoms with Crippen LogP contribution >= 0.6 is 11.6 Å². The highest BCUT2D eigenvalue weighted by atomic mass is 35.5. The second kappa shape index (κ2) is 8.18. The Kier molecular flexibility index (Phi) is 5.72. The smallest absolute Gasteiger partial charge is 0.255 e. The van der Waals surface area contributed by atoms with Crippen LogP contribution in [0, 0.1) is 0 Å². The summed E-state index contributed by atoms with van der Waals surface area (Å²) in [4.78, 5) is 12.5. The average molecular weight is 346 g/mol. The van der Waals surface area contributed by atoms with E-state index in [1.807, 2.05) is 30.3 Å². The molecule has 0 aromatic heterocycles. The van der Waals surface area contributed by atoms with Crippen LogP contribution in [0.4, 0.5) is 0 Å². The van der Waals surface area contributed by atoms with Crippen molar-refractivity contribution in [2.75, 3.05) is 13.2 Å². The molecule has 0 radical (unpaired) electrons. The van der Waals surface area contributed by atoms with Gasteiger partial charge in [-0.3, -0.25) is 4.79 Å². The van der Waals surface area contributed by atoms with Gasteiger partial charge in [0.05, 0.1) is 11.7 Å². The summed E-state index contributed by atoms with van der Waals surface area (Å²) in [7, 11) is 0. The van der Waals surface area contributed by atoms with E-state index in [1.165, 1.54) is 0 Å². The molecule has 0 aliphatic carbocycles. The van der Waals surface area contributed by atoms with E-state index < -0.39 is 0 Å². The van der Waals surface area contributed by atoms with Crippen molar-refractivity contribution in [1.29, 1.82) is 0 Å². The molecule has 0 bridgehead atoms. The highest BCUT2D eigenvalue weighted by Gasteiger charge is 2.18. The van der Waals surface area contributed by atoms with Crippen LogP contribution in [0.1, 0.15) is 28.8 Å². The second-order valence-electron chi connectivity index (χ2n) is 5.76. The van der Waals surface area contributed by atoms with Crippen LogP contribution in [0.5, 0.6) is 5.75 Å². The fourth-order valence-electron chi connectivity index (χ4n) is 2.65. The molecule has 24 heavy (non-hydrogen) atoms. The lowest BCUT2D eigenvalue weighted by Crippen LogP contribution is -2.32. The van der Waals surface area contributed by atoms with E-state index >= 15 is 0 Å². The molecule has 3 rings (SSSR count). The average Bonchev–Trinajstić information content (AvgIpc) is 3.13. The van der Waals surface area contributed by atoms with Crippen molar-refractivity contribution < 1.29 is 14.3 Å². The van der Waals surface area contributed by atoms with Crippen LogP contribution < -0.4 is 10.1 Å². The molecule has 1 aliphatic heterocycles. The van der Waals surface area contributed by atoms with Crippen LogP contribution in [0.3, 0.4) is 0 Å². The van der Waals surface area contributed by atoms with Gasteiger partial charge in [-0.05, 0) is 36.6 Å². The number of rotatable bonds is 6. The molecule has 0 saturated carbocycles. The monoisotopic (exact) mass is 345 g/mol. The van der Waals surface area contributed by atoms with Crippen molar-refractivity contribution in [1.82, 2.24) is 5.32 Å². The van der Waals surface area contributed by atoms with Crippen molar-refractivity contribution in [2.24, 2.45) is 0 Å². The van der Waals surface area contributed by atoms with Gasteiger partial charge in [-0.15, -0.1) is 0 Å². The third kappa shape index (κ3) is 4.49. The largest absolute Gasteiger partial charge is 0.488 e. The van der Waals surface area contributed by atoms with Crippen LogP contribution in [0.25, 0.3) is 0 Å². The van der Waals surface area contributed by atoms with Gasteiger partial charge in [0.2, 0.25) is 0 Å². The zero-order valence-corrected chi connectivity index (χ0v) is 14.1. The first-order valence-electron chi connectivity index (χ1n) is 8.08. The first kappa shape index (κ1) is 16.8. The molecule has 0 spiro atoms. The van der Waals surface area contributed by atoms with Crippen molar-refractivity contribution >= 4 is 17.5 Å². The predicted molar refractivity (Wildman–Crippen MR) is 93.5 cm³/mol. The van der Waals surface area contributed by atoms with Gasteiger partial charge in [-0.1, -0.05) is 41.9 Å². The van der Waals surface area contributed by atoms with Crippen molar-refractivity contribution in [2.45, 2.75) is 25.6 Å². The molecule has 1 fully saturated rings. The Morgan fingerprint density at radius 1 is 1.25 bits per heavy atom. The normalized spacial score (nSPS) is 16.8. The van der Waals surface area contributed by atoms with Crippen LogP contribution in [-0.4, -0.2) is 25.2 Å². The maximum Gasteiger partial charge on any atom is 0.255 e. The van der Waals surface area contributed by atoms with Crippen molar-refractivity contribution in [3.8, 4) is 5.75 Å². The summed E-state index contributed by atoms with van der Waals surface area (Å²) in [5.74, 6) is 0.323. The third-order valence-electron chi connectivity index (χ3n) is 3.94. The van der Waals surface area contributed by atoms with Gasteiger partial charge >= 0.3 is 0 Å². The number of ether oxygens (including phenoxy) is 2. The van der Waals surface area contributed by atoms with Gasteiger partial charge in [0, 0.05) is 18.2 Å². The number of halogens is 1. The molecular weight excluding hydrogens is 326 g/mol. The molecule has 1 atom stereocenters. The number of carbonyl (C=O) groups is 1. The van der Waals surface area contributed by atoms with Gasteiger partial charge in [0.1, 0.15) is 12.4 Å². The van der Waals surface area contributed by atoms with Crippen LogP contribution in [-0.2, 0) is 11.3 Å². The maximum absolute atomic E-state index is 12.5. The molecule has 1 N–H and O–H groups in total. The van der Waals surface area contributed by atoms with E-state index in [4.69, 9.17) is 21.1 Å². The Labute approximate surface area is 146 Å².